The molecule has 1 N–H and O–H groups in total. The Morgan fingerprint density at radius 3 is 2.70 bits per heavy atom. The number of H-pyrrole nitrogens is 1. The van der Waals surface area contributed by atoms with Gasteiger partial charge in [-0.3, -0.25) is 4.79 Å². The first-order valence-corrected chi connectivity index (χ1v) is 7.75. The second-order valence-corrected chi connectivity index (χ2v) is 5.87. The van der Waals surface area contributed by atoms with Gasteiger partial charge in [-0.25, -0.2) is 4.98 Å². The molecule has 114 valence electrons. The molecule has 2 aromatic carbocycles. The Labute approximate surface area is 134 Å². The summed E-state index contributed by atoms with van der Waals surface area (Å²) in [5.41, 5.74) is 3.94. The first-order valence-electron chi connectivity index (χ1n) is 7.75. The van der Waals surface area contributed by atoms with E-state index in [0.717, 1.165) is 23.5 Å². The molecular weight excluding hydrogens is 286 g/mol. The number of para-hydroxylation sites is 1. The number of hydrogen-bond donors (Lipinski definition) is 1. The predicted molar refractivity (Wildman–Crippen MR) is 90.4 cm³/mol. The maximum Gasteiger partial charge on any atom is 0.258 e. The number of aromatic nitrogens is 2. The molecule has 1 atom stereocenters. The Morgan fingerprint density at radius 1 is 1.17 bits per heavy atom. The average molecular weight is 303 g/mol. The molecule has 0 radical (unpaired) electrons. The molecule has 3 aromatic rings. The Balaban J connectivity index is 1.65. The van der Waals surface area contributed by atoms with Crippen molar-refractivity contribution in [3.63, 3.8) is 0 Å². The number of carbonyl (C=O) groups excluding carboxylic acids is 1. The summed E-state index contributed by atoms with van der Waals surface area (Å²) in [6.07, 6.45) is 4.42. The van der Waals surface area contributed by atoms with Gasteiger partial charge in [-0.05, 0) is 37.1 Å². The highest BCUT2D eigenvalue weighted by atomic mass is 16.2. The van der Waals surface area contributed by atoms with Crippen LogP contribution >= 0.6 is 0 Å². The number of aromatic amines is 1. The van der Waals surface area contributed by atoms with Gasteiger partial charge in [0, 0.05) is 35.2 Å². The van der Waals surface area contributed by atoms with E-state index in [9.17, 15) is 4.79 Å². The largest absolute Gasteiger partial charge is 0.345 e. The van der Waals surface area contributed by atoms with Crippen LogP contribution in [0.25, 0.3) is 11.4 Å². The van der Waals surface area contributed by atoms with E-state index in [4.69, 9.17) is 0 Å². The molecule has 1 amide bonds. The first-order chi connectivity index (χ1) is 11.2. The van der Waals surface area contributed by atoms with Crippen LogP contribution in [0.5, 0.6) is 0 Å². The van der Waals surface area contributed by atoms with E-state index in [1.54, 1.807) is 12.4 Å². The molecule has 0 fully saturated rings. The number of amides is 1. The summed E-state index contributed by atoms with van der Waals surface area (Å²) in [5, 5.41) is 0. The first kappa shape index (κ1) is 13.8. The molecule has 0 spiro atoms. The van der Waals surface area contributed by atoms with Gasteiger partial charge in [0.15, 0.2) is 0 Å². The molecule has 4 heteroatoms. The van der Waals surface area contributed by atoms with Crippen LogP contribution < -0.4 is 4.90 Å². The van der Waals surface area contributed by atoms with Crippen LogP contribution in [-0.2, 0) is 6.42 Å². The van der Waals surface area contributed by atoms with E-state index in [1.165, 1.54) is 5.56 Å². The Morgan fingerprint density at radius 2 is 1.96 bits per heavy atom. The summed E-state index contributed by atoms with van der Waals surface area (Å²) in [6.45, 7) is 2.09. The predicted octanol–water partition coefficient (Wildman–Crippen LogP) is 3.67. The normalized spacial score (nSPS) is 16.4. The van der Waals surface area contributed by atoms with Crippen molar-refractivity contribution in [1.29, 1.82) is 0 Å². The molecule has 2 heterocycles. The lowest BCUT2D eigenvalue weighted by Crippen LogP contribution is -2.35. The van der Waals surface area contributed by atoms with Gasteiger partial charge in [-0.1, -0.05) is 30.3 Å². The van der Waals surface area contributed by atoms with E-state index in [2.05, 4.69) is 23.0 Å². The smallest absolute Gasteiger partial charge is 0.258 e. The summed E-state index contributed by atoms with van der Waals surface area (Å²) >= 11 is 0. The van der Waals surface area contributed by atoms with Gasteiger partial charge >= 0.3 is 0 Å². The molecule has 1 unspecified atom stereocenters. The molecule has 4 nitrogen and oxygen atoms in total. The summed E-state index contributed by atoms with van der Waals surface area (Å²) in [4.78, 5) is 22.1. The number of rotatable bonds is 2. The van der Waals surface area contributed by atoms with Gasteiger partial charge in [0.2, 0.25) is 0 Å². The van der Waals surface area contributed by atoms with Crippen LogP contribution in [0.15, 0.2) is 60.9 Å². The Hall–Kier alpha value is -2.88. The third-order valence-corrected chi connectivity index (χ3v) is 4.33. The van der Waals surface area contributed by atoms with Gasteiger partial charge in [-0.15, -0.1) is 0 Å². The topological polar surface area (TPSA) is 49.0 Å². The number of hydrogen-bond acceptors (Lipinski definition) is 2. The summed E-state index contributed by atoms with van der Waals surface area (Å²) in [7, 11) is 0. The zero-order valence-corrected chi connectivity index (χ0v) is 12.9. The van der Waals surface area contributed by atoms with E-state index in [0.29, 0.717) is 5.56 Å². The third kappa shape index (κ3) is 2.32. The van der Waals surface area contributed by atoms with E-state index < -0.39 is 0 Å². The molecule has 0 aliphatic carbocycles. The standard InChI is InChI=1S/C19H17N3O/c1-13-12-16-4-2-3-5-17(16)22(13)19(23)15-8-6-14(7-9-15)18-20-10-11-21-18/h2-11,13H,12H2,1H3,(H,20,21). The highest BCUT2D eigenvalue weighted by Crippen LogP contribution is 2.33. The van der Waals surface area contributed by atoms with Crippen molar-refractivity contribution in [3.05, 3.63) is 72.1 Å². The van der Waals surface area contributed by atoms with Crippen molar-refractivity contribution >= 4 is 11.6 Å². The number of nitrogens with one attached hydrogen (secondary N) is 1. The van der Waals surface area contributed by atoms with Crippen molar-refractivity contribution < 1.29 is 4.79 Å². The lowest BCUT2D eigenvalue weighted by molar-refractivity contribution is 0.0981. The van der Waals surface area contributed by atoms with Crippen molar-refractivity contribution in [2.45, 2.75) is 19.4 Å². The van der Waals surface area contributed by atoms with Crippen LogP contribution in [-0.4, -0.2) is 21.9 Å². The van der Waals surface area contributed by atoms with Crippen molar-refractivity contribution in [2.24, 2.45) is 0 Å². The van der Waals surface area contributed by atoms with E-state index in [-0.39, 0.29) is 11.9 Å². The number of nitrogens with zero attached hydrogens (tertiary/aromatic N) is 2. The van der Waals surface area contributed by atoms with Gasteiger partial charge in [-0.2, -0.15) is 0 Å². The minimum atomic E-state index is 0.0495. The second-order valence-electron chi connectivity index (χ2n) is 5.87. The van der Waals surface area contributed by atoms with Crippen LogP contribution in [0.4, 0.5) is 5.69 Å². The number of fused-ring (bicyclic) bond motifs is 1. The van der Waals surface area contributed by atoms with Gasteiger partial charge in [0.25, 0.3) is 5.91 Å². The molecule has 4 rings (SSSR count). The molecule has 0 bridgehead atoms. The minimum absolute atomic E-state index is 0.0495. The van der Waals surface area contributed by atoms with Crippen LogP contribution in [0.3, 0.4) is 0 Å². The summed E-state index contributed by atoms with van der Waals surface area (Å²) in [5.74, 6) is 0.859. The zero-order chi connectivity index (χ0) is 15.8. The Bertz CT molecular complexity index is 837. The second kappa shape index (κ2) is 5.39. The van der Waals surface area contributed by atoms with Crippen molar-refractivity contribution in [3.8, 4) is 11.4 Å². The monoisotopic (exact) mass is 303 g/mol. The molecule has 1 aliphatic rings. The average Bonchev–Trinajstić information content (AvgIpc) is 3.21. The van der Waals surface area contributed by atoms with Gasteiger partial charge in [0.1, 0.15) is 5.82 Å². The molecule has 0 saturated carbocycles. The highest BCUT2D eigenvalue weighted by molar-refractivity contribution is 6.07. The van der Waals surface area contributed by atoms with Crippen molar-refractivity contribution in [1.82, 2.24) is 9.97 Å². The lowest BCUT2D eigenvalue weighted by atomic mass is 10.1. The van der Waals surface area contributed by atoms with Gasteiger partial charge < -0.3 is 9.88 Å². The molecular formula is C19H17N3O. The van der Waals surface area contributed by atoms with E-state index >= 15 is 0 Å². The molecule has 23 heavy (non-hydrogen) atoms. The fraction of sp³-hybridized carbons (Fsp3) is 0.158. The van der Waals surface area contributed by atoms with Crippen molar-refractivity contribution in [2.75, 3.05) is 4.90 Å². The zero-order valence-electron chi connectivity index (χ0n) is 12.9. The molecule has 0 saturated heterocycles. The fourth-order valence-corrected chi connectivity index (χ4v) is 3.21. The number of imidazole rings is 1. The molecule has 1 aliphatic heterocycles. The van der Waals surface area contributed by atoms with Gasteiger partial charge in [0.05, 0.1) is 0 Å². The lowest BCUT2D eigenvalue weighted by Gasteiger charge is -2.22. The maximum atomic E-state index is 12.9. The SMILES string of the molecule is CC1Cc2ccccc2N1C(=O)c1ccc(-c2ncc[nH]2)cc1. The highest BCUT2D eigenvalue weighted by Gasteiger charge is 2.31. The van der Waals surface area contributed by atoms with Crippen LogP contribution in [0.2, 0.25) is 0 Å². The fourth-order valence-electron chi connectivity index (χ4n) is 3.21. The van der Waals surface area contributed by atoms with Crippen LogP contribution in [0.1, 0.15) is 22.8 Å². The third-order valence-electron chi connectivity index (χ3n) is 4.33. The number of anilines is 1. The Kier molecular flexibility index (Phi) is 3.23. The van der Waals surface area contributed by atoms with Crippen LogP contribution in [0, 0.1) is 0 Å². The molecule has 1 aromatic heterocycles. The number of carbonyl (C=O) groups is 1. The summed E-state index contributed by atoms with van der Waals surface area (Å²) in [6, 6.07) is 15.9. The minimum Gasteiger partial charge on any atom is -0.345 e. The number of benzene rings is 2. The van der Waals surface area contributed by atoms with E-state index in [1.807, 2.05) is 47.4 Å². The quantitative estimate of drug-likeness (QED) is 0.785. The summed E-state index contributed by atoms with van der Waals surface area (Å²) < 4.78 is 0. The maximum absolute atomic E-state index is 12.9.